The molecule has 0 atom stereocenters. The second kappa shape index (κ2) is 9.57. The molecule has 170 valence electrons. The summed E-state index contributed by atoms with van der Waals surface area (Å²) in [5.74, 6) is -0.0372. The Hall–Kier alpha value is -3.84. The molecule has 0 aliphatic rings. The Kier molecular flexibility index (Phi) is 6.18. The van der Waals surface area contributed by atoms with Gasteiger partial charge in [0.05, 0.1) is 12.3 Å². The van der Waals surface area contributed by atoms with Crippen LogP contribution in [0.5, 0.6) is 0 Å². The van der Waals surface area contributed by atoms with Gasteiger partial charge >= 0.3 is 0 Å². The van der Waals surface area contributed by atoms with Crippen molar-refractivity contribution >= 4 is 45.4 Å². The number of fused-ring (bicyclic) bond motifs is 3. The van der Waals surface area contributed by atoms with Crippen LogP contribution in [0.25, 0.3) is 22.1 Å². The number of hydrogen-bond acceptors (Lipinski definition) is 5. The van der Waals surface area contributed by atoms with E-state index in [1.165, 1.54) is 17.3 Å². The van der Waals surface area contributed by atoms with Crippen LogP contribution < -0.4 is 10.9 Å². The highest BCUT2D eigenvalue weighted by atomic mass is 32.2. The van der Waals surface area contributed by atoms with E-state index in [4.69, 9.17) is 9.40 Å². The van der Waals surface area contributed by atoms with Crippen molar-refractivity contribution in [1.29, 1.82) is 0 Å². The topological polar surface area (TPSA) is 77.1 Å². The molecule has 0 bridgehead atoms. The van der Waals surface area contributed by atoms with E-state index in [0.29, 0.717) is 22.8 Å². The Balaban J connectivity index is 1.47. The fourth-order valence-corrected chi connectivity index (χ4v) is 4.61. The number of para-hydroxylation sites is 1. The lowest BCUT2D eigenvalue weighted by Gasteiger charge is -2.12. The van der Waals surface area contributed by atoms with E-state index in [0.717, 1.165) is 23.1 Å². The lowest BCUT2D eigenvalue weighted by Crippen LogP contribution is -2.24. The monoisotopic (exact) mass is 469 g/mol. The number of aryl methyl sites for hydroxylation is 1. The van der Waals surface area contributed by atoms with Gasteiger partial charge in [-0.15, -0.1) is 0 Å². The average Bonchev–Trinajstić information content (AvgIpc) is 3.25. The normalized spacial score (nSPS) is 11.2. The SMILES string of the molecule is CCc1ccc(NC(=O)CSc2nc3c(oc4ccccc43)c(=O)n2Cc2ccccc2)cc1. The van der Waals surface area contributed by atoms with Gasteiger partial charge in [0, 0.05) is 11.1 Å². The molecule has 1 N–H and O–H groups in total. The van der Waals surface area contributed by atoms with Crippen molar-refractivity contribution in [2.45, 2.75) is 25.0 Å². The number of nitrogens with one attached hydrogen (secondary N) is 1. The van der Waals surface area contributed by atoms with Crippen LogP contribution in [0.15, 0.2) is 93.2 Å². The van der Waals surface area contributed by atoms with Crippen LogP contribution >= 0.6 is 11.8 Å². The number of benzene rings is 3. The molecule has 0 radical (unpaired) electrons. The third kappa shape index (κ3) is 4.47. The third-order valence-electron chi connectivity index (χ3n) is 5.61. The van der Waals surface area contributed by atoms with E-state index in [-0.39, 0.29) is 22.8 Å². The first-order valence-electron chi connectivity index (χ1n) is 11.1. The summed E-state index contributed by atoms with van der Waals surface area (Å²) in [6.45, 7) is 2.42. The highest BCUT2D eigenvalue weighted by Crippen LogP contribution is 2.27. The molecule has 0 spiro atoms. The van der Waals surface area contributed by atoms with E-state index in [1.54, 1.807) is 4.57 Å². The van der Waals surface area contributed by atoms with E-state index in [9.17, 15) is 9.59 Å². The molecule has 1 amide bonds. The van der Waals surface area contributed by atoms with Crippen LogP contribution in [0.1, 0.15) is 18.1 Å². The summed E-state index contributed by atoms with van der Waals surface area (Å²) in [5, 5.41) is 4.17. The zero-order chi connectivity index (χ0) is 23.5. The van der Waals surface area contributed by atoms with Crippen LogP contribution in [0.4, 0.5) is 5.69 Å². The van der Waals surface area contributed by atoms with E-state index in [1.807, 2.05) is 78.9 Å². The van der Waals surface area contributed by atoms with Gasteiger partial charge in [-0.2, -0.15) is 0 Å². The molecule has 5 aromatic rings. The summed E-state index contributed by atoms with van der Waals surface area (Å²) >= 11 is 1.24. The van der Waals surface area contributed by atoms with Crippen molar-refractivity contribution < 1.29 is 9.21 Å². The molecule has 0 fully saturated rings. The number of amides is 1. The Morgan fingerprint density at radius 2 is 1.71 bits per heavy atom. The first-order valence-corrected chi connectivity index (χ1v) is 12.1. The number of carbonyl (C=O) groups excluding carboxylic acids is 1. The molecule has 0 aliphatic carbocycles. The van der Waals surface area contributed by atoms with Crippen molar-refractivity contribution in [2.24, 2.45) is 0 Å². The molecule has 0 saturated heterocycles. The number of nitrogens with zero attached hydrogens (tertiary/aromatic N) is 2. The molecule has 6 nitrogen and oxygen atoms in total. The van der Waals surface area contributed by atoms with E-state index in [2.05, 4.69) is 12.2 Å². The first kappa shape index (κ1) is 22.0. The molecule has 0 aliphatic heterocycles. The summed E-state index contributed by atoms with van der Waals surface area (Å²) in [7, 11) is 0. The van der Waals surface area contributed by atoms with Gasteiger partial charge in [-0.3, -0.25) is 14.2 Å². The molecule has 3 aromatic carbocycles. The number of thioether (sulfide) groups is 1. The molecule has 2 heterocycles. The summed E-state index contributed by atoms with van der Waals surface area (Å²) in [5.41, 5.74) is 4.01. The smallest absolute Gasteiger partial charge is 0.298 e. The second-order valence-electron chi connectivity index (χ2n) is 7.93. The Bertz CT molecular complexity index is 1520. The van der Waals surface area contributed by atoms with Gasteiger partial charge in [0.15, 0.2) is 5.16 Å². The van der Waals surface area contributed by atoms with Gasteiger partial charge in [-0.05, 0) is 41.8 Å². The predicted octanol–water partition coefficient (Wildman–Crippen LogP) is 5.48. The van der Waals surface area contributed by atoms with Gasteiger partial charge in [-0.1, -0.05) is 73.3 Å². The van der Waals surface area contributed by atoms with Crippen molar-refractivity contribution in [3.8, 4) is 0 Å². The third-order valence-corrected chi connectivity index (χ3v) is 6.59. The van der Waals surface area contributed by atoms with Crippen LogP contribution in [0.3, 0.4) is 0 Å². The molecule has 0 unspecified atom stereocenters. The zero-order valence-corrected chi connectivity index (χ0v) is 19.5. The van der Waals surface area contributed by atoms with Crippen molar-refractivity contribution in [2.75, 3.05) is 11.1 Å². The van der Waals surface area contributed by atoms with E-state index >= 15 is 0 Å². The second-order valence-corrected chi connectivity index (χ2v) is 8.88. The van der Waals surface area contributed by atoms with Crippen LogP contribution in [-0.4, -0.2) is 21.2 Å². The Labute approximate surface area is 200 Å². The van der Waals surface area contributed by atoms with Gasteiger partial charge in [-0.25, -0.2) is 4.98 Å². The first-order chi connectivity index (χ1) is 16.6. The van der Waals surface area contributed by atoms with Crippen LogP contribution in [-0.2, 0) is 17.8 Å². The zero-order valence-electron chi connectivity index (χ0n) is 18.7. The number of furan rings is 1. The highest BCUT2D eigenvalue weighted by Gasteiger charge is 2.19. The highest BCUT2D eigenvalue weighted by molar-refractivity contribution is 7.99. The number of anilines is 1. The Morgan fingerprint density at radius 1 is 0.971 bits per heavy atom. The molecular formula is C27H23N3O3S. The van der Waals surface area contributed by atoms with Gasteiger partial charge in [0.2, 0.25) is 11.5 Å². The van der Waals surface area contributed by atoms with Crippen molar-refractivity contribution in [1.82, 2.24) is 9.55 Å². The number of carbonyl (C=O) groups is 1. The van der Waals surface area contributed by atoms with Gasteiger partial charge in [0.1, 0.15) is 11.1 Å². The minimum atomic E-state index is -0.261. The number of aromatic nitrogens is 2. The number of rotatable bonds is 7. The molecule has 2 aromatic heterocycles. The molecule has 7 heteroatoms. The van der Waals surface area contributed by atoms with Gasteiger partial charge in [0.25, 0.3) is 5.56 Å². The Morgan fingerprint density at radius 3 is 2.47 bits per heavy atom. The van der Waals surface area contributed by atoms with Crippen molar-refractivity contribution in [3.05, 3.63) is 100 Å². The minimum absolute atomic E-state index is 0.123. The van der Waals surface area contributed by atoms with Crippen molar-refractivity contribution in [3.63, 3.8) is 0 Å². The largest absolute Gasteiger partial charge is 0.448 e. The van der Waals surface area contributed by atoms with Crippen LogP contribution in [0, 0.1) is 0 Å². The minimum Gasteiger partial charge on any atom is -0.448 e. The summed E-state index contributed by atoms with van der Waals surface area (Å²) in [6.07, 6.45) is 0.944. The number of hydrogen-bond donors (Lipinski definition) is 1. The van der Waals surface area contributed by atoms with Gasteiger partial charge < -0.3 is 9.73 Å². The maximum absolute atomic E-state index is 13.4. The maximum Gasteiger partial charge on any atom is 0.298 e. The average molecular weight is 470 g/mol. The summed E-state index contributed by atoms with van der Waals surface area (Å²) < 4.78 is 7.43. The molecule has 5 rings (SSSR count). The standard InChI is InChI=1S/C27H23N3O3S/c1-2-18-12-14-20(15-13-18)28-23(31)17-34-27-29-24-21-10-6-7-11-22(21)33-25(24)26(32)30(27)16-19-8-4-3-5-9-19/h3-15H,2,16-17H2,1H3,(H,28,31). The molecule has 0 saturated carbocycles. The molecular weight excluding hydrogens is 446 g/mol. The quantitative estimate of drug-likeness (QED) is 0.252. The van der Waals surface area contributed by atoms with Crippen LogP contribution in [0.2, 0.25) is 0 Å². The fraction of sp³-hybridized carbons (Fsp3) is 0.148. The summed E-state index contributed by atoms with van der Waals surface area (Å²) in [4.78, 5) is 30.9. The predicted molar refractivity (Wildman–Crippen MR) is 136 cm³/mol. The lowest BCUT2D eigenvalue weighted by molar-refractivity contribution is -0.113. The maximum atomic E-state index is 13.4. The lowest BCUT2D eigenvalue weighted by atomic mass is 10.1. The fourth-order valence-electron chi connectivity index (χ4n) is 3.82. The van der Waals surface area contributed by atoms with E-state index < -0.39 is 0 Å². The summed E-state index contributed by atoms with van der Waals surface area (Å²) in [6, 6.07) is 24.9. The molecule has 34 heavy (non-hydrogen) atoms.